The molecule has 0 bridgehead atoms. The number of carbonyl (C=O) groups excluding carboxylic acids is 2. The molecule has 0 aliphatic heterocycles. The van der Waals surface area contributed by atoms with Crippen LogP contribution in [0, 0.1) is 0 Å². The molecule has 0 fully saturated rings. The molecule has 0 aromatic heterocycles. The van der Waals surface area contributed by atoms with Gasteiger partial charge in [0.25, 0.3) is 0 Å². The molecular formula is C38H32N2O3. The van der Waals surface area contributed by atoms with E-state index in [1.165, 1.54) is 5.56 Å². The van der Waals surface area contributed by atoms with Gasteiger partial charge in [0.2, 0.25) is 0 Å². The number of ether oxygens (including phenoxy) is 1. The number of carbonyl (C=O) groups is 2. The third-order valence-electron chi connectivity index (χ3n) is 7.10. The summed E-state index contributed by atoms with van der Waals surface area (Å²) in [6.45, 7) is 7.24. The molecule has 212 valence electrons. The molecule has 0 radical (unpaired) electrons. The van der Waals surface area contributed by atoms with Crippen molar-refractivity contribution in [3.8, 4) is 5.75 Å². The van der Waals surface area contributed by atoms with E-state index < -0.39 is 5.97 Å². The third kappa shape index (κ3) is 6.80. The van der Waals surface area contributed by atoms with Gasteiger partial charge in [0, 0.05) is 52.7 Å². The first kappa shape index (κ1) is 28.8. The van der Waals surface area contributed by atoms with Crippen LogP contribution in [0.2, 0.25) is 0 Å². The zero-order valence-corrected chi connectivity index (χ0v) is 24.0. The van der Waals surface area contributed by atoms with Crippen molar-refractivity contribution < 1.29 is 14.3 Å². The van der Waals surface area contributed by atoms with Gasteiger partial charge < -0.3 is 14.5 Å². The fourth-order valence-corrected chi connectivity index (χ4v) is 4.78. The molecule has 0 atom stereocenters. The molecule has 5 nitrogen and oxygen atoms in total. The smallest absolute Gasteiger partial charge is 0.335 e. The van der Waals surface area contributed by atoms with Crippen LogP contribution in [0.15, 0.2) is 153 Å². The third-order valence-corrected chi connectivity index (χ3v) is 7.10. The highest BCUT2D eigenvalue weighted by Gasteiger charge is 2.15. The molecule has 0 saturated heterocycles. The Morgan fingerprint density at radius 2 is 1.09 bits per heavy atom. The highest BCUT2D eigenvalue weighted by atomic mass is 16.5. The molecule has 0 spiro atoms. The van der Waals surface area contributed by atoms with Crippen molar-refractivity contribution in [1.29, 1.82) is 0 Å². The largest absolute Gasteiger partial charge is 0.423 e. The van der Waals surface area contributed by atoms with E-state index in [9.17, 15) is 9.59 Å². The lowest BCUT2D eigenvalue weighted by molar-refractivity contribution is -0.128. The Morgan fingerprint density at radius 1 is 0.628 bits per heavy atom. The normalized spacial score (nSPS) is 10.4. The molecule has 0 unspecified atom stereocenters. The summed E-state index contributed by atoms with van der Waals surface area (Å²) in [4.78, 5) is 29.1. The van der Waals surface area contributed by atoms with E-state index in [-0.39, 0.29) is 5.78 Å². The maximum atomic E-state index is 13.4. The summed E-state index contributed by atoms with van der Waals surface area (Å²) in [5.74, 6) is -0.126. The second-order valence-electron chi connectivity index (χ2n) is 9.93. The summed E-state index contributed by atoms with van der Waals surface area (Å²) in [5, 5.41) is 0. The summed E-state index contributed by atoms with van der Waals surface area (Å²) < 4.78 is 5.23. The summed E-state index contributed by atoms with van der Waals surface area (Å²) in [6.07, 6.45) is 3.87. The number of hydrogen-bond acceptors (Lipinski definition) is 5. The molecule has 0 heterocycles. The molecule has 43 heavy (non-hydrogen) atoms. The molecule has 5 heteroatoms. The molecular weight excluding hydrogens is 532 g/mol. The topological polar surface area (TPSA) is 49.9 Å². The number of hydrogen-bond donors (Lipinski definition) is 0. The Balaban J connectivity index is 1.34. The van der Waals surface area contributed by atoms with Crippen LogP contribution in [0.5, 0.6) is 5.75 Å². The lowest BCUT2D eigenvalue weighted by Gasteiger charge is -2.25. The van der Waals surface area contributed by atoms with Crippen LogP contribution in [-0.4, -0.2) is 18.8 Å². The predicted molar refractivity (Wildman–Crippen MR) is 175 cm³/mol. The standard InChI is InChI=1S/C38H32N2O3/c1-4-9-28-12-18-31(19-13-28)39(3)32-20-14-29(15-21-32)38(42)30-16-22-34(23-17-30)40(33-10-7-6-8-11-33)35-24-26-36(27-25-35)43-37(41)5-2/h4-8,10-27H,1-2,9H2,3H3. The predicted octanol–water partition coefficient (Wildman–Crippen LogP) is 8.98. The van der Waals surface area contributed by atoms with E-state index in [1.807, 2.05) is 104 Å². The SMILES string of the molecule is C=CCc1ccc(N(C)c2ccc(C(=O)c3ccc(N(c4ccccc4)c4ccc(OC(=O)C=C)cc4)cc3)cc2)cc1. The number of nitrogens with zero attached hydrogens (tertiary/aromatic N) is 2. The number of rotatable bonds is 11. The van der Waals surface area contributed by atoms with Crippen LogP contribution in [0.1, 0.15) is 21.5 Å². The Bertz CT molecular complexity index is 1710. The first-order valence-electron chi connectivity index (χ1n) is 13.9. The molecule has 0 aliphatic carbocycles. The monoisotopic (exact) mass is 564 g/mol. The van der Waals surface area contributed by atoms with Crippen molar-refractivity contribution in [2.75, 3.05) is 16.8 Å². The van der Waals surface area contributed by atoms with Crippen molar-refractivity contribution in [1.82, 2.24) is 0 Å². The maximum Gasteiger partial charge on any atom is 0.335 e. The van der Waals surface area contributed by atoms with Crippen molar-refractivity contribution in [2.45, 2.75) is 6.42 Å². The molecule has 5 rings (SSSR count). The zero-order chi connectivity index (χ0) is 30.2. The minimum atomic E-state index is -0.510. The van der Waals surface area contributed by atoms with Crippen LogP contribution in [0.25, 0.3) is 0 Å². The summed E-state index contributed by atoms with van der Waals surface area (Å²) >= 11 is 0. The van der Waals surface area contributed by atoms with E-state index in [4.69, 9.17) is 4.74 Å². The van der Waals surface area contributed by atoms with Crippen molar-refractivity contribution in [2.24, 2.45) is 0 Å². The van der Waals surface area contributed by atoms with E-state index in [0.717, 1.165) is 40.9 Å². The number of benzene rings is 5. The number of anilines is 5. The minimum absolute atomic E-state index is 0.0471. The Labute approximate surface area is 252 Å². The van der Waals surface area contributed by atoms with Gasteiger partial charge in [-0.25, -0.2) is 4.79 Å². The lowest BCUT2D eigenvalue weighted by atomic mass is 10.0. The Hall–Kier alpha value is -5.68. The molecule has 5 aromatic rings. The number of allylic oxidation sites excluding steroid dienone is 1. The second-order valence-corrected chi connectivity index (χ2v) is 9.93. The number of para-hydroxylation sites is 1. The molecule has 0 amide bonds. The van der Waals surface area contributed by atoms with E-state index in [2.05, 4.69) is 47.2 Å². The Morgan fingerprint density at radius 3 is 1.60 bits per heavy atom. The molecule has 0 saturated carbocycles. The molecule has 0 aliphatic rings. The van der Waals surface area contributed by atoms with Gasteiger partial charge in [-0.15, -0.1) is 6.58 Å². The Kier molecular flexibility index (Phi) is 8.93. The first-order valence-corrected chi connectivity index (χ1v) is 13.9. The summed E-state index contributed by atoms with van der Waals surface area (Å²) in [7, 11) is 2.01. The fourth-order valence-electron chi connectivity index (χ4n) is 4.78. The molecule has 5 aromatic carbocycles. The van der Waals surface area contributed by atoms with Gasteiger partial charge in [0.15, 0.2) is 5.78 Å². The van der Waals surface area contributed by atoms with Crippen molar-refractivity contribution in [3.05, 3.63) is 169 Å². The highest BCUT2D eigenvalue weighted by molar-refractivity contribution is 6.09. The lowest BCUT2D eigenvalue weighted by Crippen LogP contribution is -2.11. The van der Waals surface area contributed by atoms with Crippen LogP contribution >= 0.6 is 0 Å². The number of ketones is 1. The van der Waals surface area contributed by atoms with Gasteiger partial charge >= 0.3 is 5.97 Å². The van der Waals surface area contributed by atoms with Gasteiger partial charge in [-0.05, 0) is 109 Å². The fraction of sp³-hybridized carbons (Fsp3) is 0.0526. The average Bonchev–Trinajstić information content (AvgIpc) is 3.06. The van der Waals surface area contributed by atoms with Gasteiger partial charge in [0.1, 0.15) is 5.75 Å². The average molecular weight is 565 g/mol. The maximum absolute atomic E-state index is 13.4. The first-order chi connectivity index (χ1) is 21.0. The van der Waals surface area contributed by atoms with Crippen LogP contribution < -0.4 is 14.5 Å². The zero-order valence-electron chi connectivity index (χ0n) is 24.0. The van der Waals surface area contributed by atoms with Gasteiger partial charge in [0.05, 0.1) is 0 Å². The highest BCUT2D eigenvalue weighted by Crippen LogP contribution is 2.35. The molecule has 0 N–H and O–H groups in total. The van der Waals surface area contributed by atoms with Crippen LogP contribution in [0.4, 0.5) is 28.4 Å². The summed E-state index contributed by atoms with van der Waals surface area (Å²) in [6, 6.07) is 40.8. The van der Waals surface area contributed by atoms with Gasteiger partial charge in [-0.3, -0.25) is 4.79 Å². The van der Waals surface area contributed by atoms with E-state index >= 15 is 0 Å². The quantitative estimate of drug-likeness (QED) is 0.0527. The summed E-state index contributed by atoms with van der Waals surface area (Å²) in [5.41, 5.74) is 7.21. The number of esters is 1. The van der Waals surface area contributed by atoms with Gasteiger partial charge in [-0.2, -0.15) is 0 Å². The second kappa shape index (κ2) is 13.3. The van der Waals surface area contributed by atoms with E-state index in [0.29, 0.717) is 16.9 Å². The van der Waals surface area contributed by atoms with Crippen molar-refractivity contribution >= 4 is 40.2 Å². The van der Waals surface area contributed by atoms with Crippen molar-refractivity contribution in [3.63, 3.8) is 0 Å². The van der Waals surface area contributed by atoms with Crippen LogP contribution in [-0.2, 0) is 11.2 Å². The minimum Gasteiger partial charge on any atom is -0.423 e. The van der Waals surface area contributed by atoms with Gasteiger partial charge in [-0.1, -0.05) is 43.0 Å². The van der Waals surface area contributed by atoms with Crippen LogP contribution in [0.3, 0.4) is 0 Å². The van der Waals surface area contributed by atoms with E-state index in [1.54, 1.807) is 12.1 Å².